The van der Waals surface area contributed by atoms with Crippen LogP contribution < -0.4 is 0 Å². The molecule has 6 fully saturated rings. The summed E-state index contributed by atoms with van der Waals surface area (Å²) in [6, 6.07) is 0. The summed E-state index contributed by atoms with van der Waals surface area (Å²) in [5, 5.41) is 0. The first-order valence-electron chi connectivity index (χ1n) is 12.0. The molecule has 0 aliphatic carbocycles. The molecule has 0 amide bonds. The zero-order valence-electron chi connectivity index (χ0n) is 18.7. The maximum Gasteiger partial charge on any atom is 0.00238 e. The van der Waals surface area contributed by atoms with Crippen molar-refractivity contribution in [1.29, 1.82) is 0 Å². The molecule has 6 saturated heterocycles. The van der Waals surface area contributed by atoms with Gasteiger partial charge in [0.05, 0.1) is 0 Å². The van der Waals surface area contributed by atoms with Crippen molar-refractivity contribution in [3.63, 3.8) is 0 Å². The molecule has 0 aromatic rings. The van der Waals surface area contributed by atoms with Gasteiger partial charge in [0.1, 0.15) is 0 Å². The van der Waals surface area contributed by atoms with E-state index in [1.165, 1.54) is 140 Å². The summed E-state index contributed by atoms with van der Waals surface area (Å²) in [5.74, 6) is 17.0. The van der Waals surface area contributed by atoms with E-state index in [1.54, 1.807) is 0 Å². The predicted molar refractivity (Wildman–Crippen MR) is 155 cm³/mol. The SMILES string of the molecule is C1CCSC1.C1CCSC1.C1CCSCC1.C1CCSCC1.C1CS1.C1CSC1. The molecule has 6 rings (SSSR count). The predicted octanol–water partition coefficient (Wildman–Crippen LogP) is 8.69. The van der Waals surface area contributed by atoms with Crippen LogP contribution in [0.4, 0.5) is 0 Å². The lowest BCUT2D eigenvalue weighted by Gasteiger charge is -2.05. The van der Waals surface area contributed by atoms with Crippen LogP contribution >= 0.6 is 70.6 Å². The van der Waals surface area contributed by atoms with Crippen molar-refractivity contribution in [1.82, 2.24) is 0 Å². The fourth-order valence-electron chi connectivity index (χ4n) is 2.54. The molecule has 0 bridgehead atoms. The first kappa shape index (κ1) is 29.1. The van der Waals surface area contributed by atoms with E-state index >= 15 is 0 Å². The Morgan fingerprint density at radius 1 is 0.172 bits per heavy atom. The second-order valence-corrected chi connectivity index (χ2v) is 14.9. The Labute approximate surface area is 209 Å². The fourth-order valence-corrected chi connectivity index (χ4v) is 6.91. The van der Waals surface area contributed by atoms with Gasteiger partial charge in [-0.2, -0.15) is 70.6 Å². The molecule has 0 spiro atoms. The van der Waals surface area contributed by atoms with Crippen molar-refractivity contribution in [2.75, 3.05) is 69.0 Å². The topological polar surface area (TPSA) is 0 Å². The molecule has 0 radical (unpaired) electrons. The molecule has 0 saturated carbocycles. The Kier molecular flexibility index (Phi) is 26.5. The lowest BCUT2D eigenvalue weighted by molar-refractivity contribution is 0.764. The molecule has 0 atom stereocenters. The first-order valence-corrected chi connectivity index (χ1v) is 18.9. The van der Waals surface area contributed by atoms with E-state index in [9.17, 15) is 0 Å². The largest absolute Gasteiger partial charge is 0.162 e. The third kappa shape index (κ3) is 28.1. The molecule has 6 aliphatic heterocycles. The Morgan fingerprint density at radius 3 is 0.414 bits per heavy atom. The fraction of sp³-hybridized carbons (Fsp3) is 1.00. The lowest BCUT2D eigenvalue weighted by atomic mass is 10.3. The van der Waals surface area contributed by atoms with Crippen molar-refractivity contribution >= 4 is 70.6 Å². The first-order chi connectivity index (χ1) is 14.5. The van der Waals surface area contributed by atoms with Gasteiger partial charge in [-0.05, 0) is 115 Å². The van der Waals surface area contributed by atoms with E-state index in [-0.39, 0.29) is 0 Å². The zero-order chi connectivity index (χ0) is 20.5. The normalized spacial score (nSPS) is 24.0. The van der Waals surface area contributed by atoms with Crippen LogP contribution in [0.3, 0.4) is 0 Å². The standard InChI is InChI=1S/2C5H10S.2C4H8S.C3H6S.C2H4S/c2*1-2-4-6-5-3-1;2*1-2-4-5-3-1;1-2-4-3-1;1-2-3-1/h2*1-5H2;2*1-4H2;1-3H2;1-2H2. The molecule has 6 aliphatic rings. The molecule has 0 N–H and O–H groups in total. The minimum absolute atomic E-state index is 1.42. The van der Waals surface area contributed by atoms with E-state index in [4.69, 9.17) is 0 Å². The summed E-state index contributed by atoms with van der Waals surface area (Å²) >= 11 is 12.4. The highest BCUT2D eigenvalue weighted by molar-refractivity contribution is 8.06. The second-order valence-electron chi connectivity index (χ2n) is 7.56. The van der Waals surface area contributed by atoms with Crippen molar-refractivity contribution in [2.45, 2.75) is 70.6 Å². The van der Waals surface area contributed by atoms with Crippen LogP contribution in [0, 0.1) is 0 Å². The Morgan fingerprint density at radius 2 is 0.345 bits per heavy atom. The molecule has 0 nitrogen and oxygen atoms in total. The highest BCUT2D eigenvalue weighted by atomic mass is 32.2. The minimum Gasteiger partial charge on any atom is -0.162 e. The van der Waals surface area contributed by atoms with Crippen LogP contribution in [0.15, 0.2) is 0 Å². The quantitative estimate of drug-likeness (QED) is 0.294. The van der Waals surface area contributed by atoms with E-state index in [2.05, 4.69) is 47.0 Å². The molecule has 0 aromatic carbocycles. The Hall–Kier alpha value is 2.10. The molecular formula is C23H46S6. The maximum atomic E-state index is 2.09. The van der Waals surface area contributed by atoms with Crippen LogP contribution in [0.1, 0.15) is 70.6 Å². The molecule has 0 unspecified atom stereocenters. The van der Waals surface area contributed by atoms with E-state index in [1.807, 2.05) is 23.5 Å². The number of hydrogen-bond donors (Lipinski definition) is 0. The van der Waals surface area contributed by atoms with Gasteiger partial charge in [0.15, 0.2) is 0 Å². The summed E-state index contributed by atoms with van der Waals surface area (Å²) < 4.78 is 0. The Bertz CT molecular complexity index is 214. The molecule has 29 heavy (non-hydrogen) atoms. The summed E-state index contributed by atoms with van der Waals surface area (Å²) in [5.41, 5.74) is 0. The van der Waals surface area contributed by atoms with Crippen LogP contribution in [-0.2, 0) is 0 Å². The van der Waals surface area contributed by atoms with E-state index in [0.29, 0.717) is 0 Å². The number of hydrogen-bond acceptors (Lipinski definition) is 6. The van der Waals surface area contributed by atoms with Crippen LogP contribution in [-0.4, -0.2) is 69.0 Å². The van der Waals surface area contributed by atoms with Gasteiger partial charge in [-0.3, -0.25) is 0 Å². The van der Waals surface area contributed by atoms with E-state index < -0.39 is 0 Å². The highest BCUT2D eigenvalue weighted by Gasteiger charge is 1.97. The second kappa shape index (κ2) is 26.4. The molecule has 6 heterocycles. The van der Waals surface area contributed by atoms with Gasteiger partial charge in [-0.25, -0.2) is 0 Å². The summed E-state index contributed by atoms with van der Waals surface area (Å²) in [6.45, 7) is 0. The third-order valence-electron chi connectivity index (χ3n) is 4.59. The van der Waals surface area contributed by atoms with Gasteiger partial charge in [-0.1, -0.05) is 12.8 Å². The summed E-state index contributed by atoms with van der Waals surface area (Å²) in [4.78, 5) is 0. The number of rotatable bonds is 0. The van der Waals surface area contributed by atoms with Crippen LogP contribution in [0.25, 0.3) is 0 Å². The van der Waals surface area contributed by atoms with Gasteiger partial charge >= 0.3 is 0 Å². The highest BCUT2D eigenvalue weighted by Crippen LogP contribution is 2.17. The van der Waals surface area contributed by atoms with Gasteiger partial charge < -0.3 is 0 Å². The smallest absolute Gasteiger partial charge is 0.00238 e. The minimum atomic E-state index is 1.42. The van der Waals surface area contributed by atoms with Crippen LogP contribution in [0.2, 0.25) is 0 Å². The maximum absolute atomic E-state index is 2.09. The Balaban J connectivity index is 0.000000176. The number of thioether (sulfide) groups is 6. The summed E-state index contributed by atoms with van der Waals surface area (Å²) in [7, 11) is 0. The lowest BCUT2D eigenvalue weighted by Crippen LogP contribution is -1.94. The van der Waals surface area contributed by atoms with Gasteiger partial charge in [0, 0.05) is 11.5 Å². The van der Waals surface area contributed by atoms with Crippen molar-refractivity contribution in [3.8, 4) is 0 Å². The van der Waals surface area contributed by atoms with Crippen molar-refractivity contribution in [3.05, 3.63) is 0 Å². The molecular weight excluding hydrogens is 469 g/mol. The average molecular weight is 515 g/mol. The monoisotopic (exact) mass is 514 g/mol. The van der Waals surface area contributed by atoms with Crippen molar-refractivity contribution in [2.24, 2.45) is 0 Å². The molecule has 0 aromatic heterocycles. The summed E-state index contributed by atoms with van der Waals surface area (Å²) in [6.07, 6.45) is 16.1. The zero-order valence-corrected chi connectivity index (χ0v) is 23.6. The van der Waals surface area contributed by atoms with Gasteiger partial charge in [0.25, 0.3) is 0 Å². The molecule has 174 valence electrons. The van der Waals surface area contributed by atoms with E-state index in [0.717, 1.165) is 0 Å². The van der Waals surface area contributed by atoms with Crippen LogP contribution in [0.5, 0.6) is 0 Å². The van der Waals surface area contributed by atoms with Crippen molar-refractivity contribution < 1.29 is 0 Å². The molecule has 6 heteroatoms. The van der Waals surface area contributed by atoms with Gasteiger partial charge in [0.2, 0.25) is 0 Å². The third-order valence-corrected chi connectivity index (χ3v) is 10.8. The average Bonchev–Trinajstić information content (AvgIpc) is 3.28. The van der Waals surface area contributed by atoms with Gasteiger partial charge in [-0.15, -0.1) is 0 Å².